The monoisotopic (exact) mass is 260 g/mol. The van der Waals surface area contributed by atoms with E-state index in [0.717, 1.165) is 24.5 Å². The van der Waals surface area contributed by atoms with Crippen molar-refractivity contribution in [2.24, 2.45) is 5.92 Å². The van der Waals surface area contributed by atoms with Crippen molar-refractivity contribution < 1.29 is 0 Å². The average Bonchev–Trinajstić information content (AvgIpc) is 2.68. The molecule has 0 bridgehead atoms. The molecule has 0 aliphatic heterocycles. The lowest BCUT2D eigenvalue weighted by Gasteiger charge is -2.27. The number of thiazole rings is 1. The van der Waals surface area contributed by atoms with Gasteiger partial charge < -0.3 is 5.32 Å². The highest BCUT2D eigenvalue weighted by atomic mass is 32.1. The van der Waals surface area contributed by atoms with Crippen molar-refractivity contribution in [1.29, 1.82) is 0 Å². The van der Waals surface area contributed by atoms with Gasteiger partial charge >= 0.3 is 0 Å². The van der Waals surface area contributed by atoms with E-state index in [2.05, 4.69) is 36.5 Å². The van der Waals surface area contributed by atoms with Crippen LogP contribution in [0.1, 0.15) is 31.2 Å². The summed E-state index contributed by atoms with van der Waals surface area (Å²) in [6.45, 7) is 3.44. The highest BCUT2D eigenvalue weighted by Gasteiger charge is 2.17. The summed E-state index contributed by atoms with van der Waals surface area (Å²) in [7, 11) is 0. The van der Waals surface area contributed by atoms with Crippen LogP contribution in [0.3, 0.4) is 0 Å². The summed E-state index contributed by atoms with van der Waals surface area (Å²) < 4.78 is 1.31. The molecule has 1 fully saturated rings. The summed E-state index contributed by atoms with van der Waals surface area (Å²) in [6.07, 6.45) is 5.24. The molecule has 1 unspecified atom stereocenters. The molecule has 1 saturated carbocycles. The summed E-state index contributed by atoms with van der Waals surface area (Å²) >= 11 is 1.84. The molecule has 1 N–H and O–H groups in total. The highest BCUT2D eigenvalue weighted by Crippen LogP contribution is 2.24. The van der Waals surface area contributed by atoms with E-state index in [-0.39, 0.29) is 0 Å². The number of nitrogens with one attached hydrogen (secondary N) is 1. The molecule has 2 nitrogen and oxygen atoms in total. The molecule has 1 aliphatic carbocycles. The fourth-order valence-corrected chi connectivity index (χ4v) is 3.49. The Kier molecular flexibility index (Phi) is 3.62. The van der Waals surface area contributed by atoms with Crippen LogP contribution >= 0.6 is 11.3 Å². The van der Waals surface area contributed by atoms with Gasteiger partial charge in [0.2, 0.25) is 0 Å². The summed E-state index contributed by atoms with van der Waals surface area (Å²) in [5, 5.41) is 4.93. The molecule has 1 atom stereocenters. The van der Waals surface area contributed by atoms with Crippen LogP contribution in [-0.2, 0) is 6.42 Å². The van der Waals surface area contributed by atoms with E-state index in [1.807, 2.05) is 11.3 Å². The van der Waals surface area contributed by atoms with Gasteiger partial charge in [-0.2, -0.15) is 0 Å². The summed E-state index contributed by atoms with van der Waals surface area (Å²) in [4.78, 5) is 4.70. The lowest BCUT2D eigenvalue weighted by molar-refractivity contribution is 0.320. The first-order valence-electron chi connectivity index (χ1n) is 6.89. The summed E-state index contributed by atoms with van der Waals surface area (Å²) in [5.74, 6) is 0.672. The first kappa shape index (κ1) is 12.1. The zero-order chi connectivity index (χ0) is 12.4. The van der Waals surface area contributed by atoms with Crippen molar-refractivity contribution in [3.8, 4) is 0 Å². The lowest BCUT2D eigenvalue weighted by Crippen LogP contribution is -2.38. The van der Waals surface area contributed by atoms with Gasteiger partial charge in [-0.15, -0.1) is 11.3 Å². The van der Waals surface area contributed by atoms with Crippen LogP contribution in [0, 0.1) is 5.92 Å². The maximum absolute atomic E-state index is 4.70. The molecule has 1 aliphatic rings. The Bertz CT molecular complexity index is 483. The minimum Gasteiger partial charge on any atom is -0.314 e. The van der Waals surface area contributed by atoms with Crippen LogP contribution in [0.15, 0.2) is 24.3 Å². The minimum absolute atomic E-state index is 0.672. The SMILES string of the molecule is CC(CNC1CCC1)Cc1nc2ccccc2s1. The molecule has 96 valence electrons. The van der Waals surface area contributed by atoms with Gasteiger partial charge in [0.25, 0.3) is 0 Å². The Morgan fingerprint density at radius 3 is 2.94 bits per heavy atom. The zero-order valence-corrected chi connectivity index (χ0v) is 11.7. The van der Waals surface area contributed by atoms with Gasteiger partial charge in [0.15, 0.2) is 0 Å². The maximum atomic E-state index is 4.70. The molecule has 0 saturated heterocycles. The molecule has 0 spiro atoms. The Labute approximate surface area is 112 Å². The van der Waals surface area contributed by atoms with Gasteiger partial charge in [0.05, 0.1) is 15.2 Å². The Morgan fingerprint density at radius 2 is 2.22 bits per heavy atom. The number of rotatable bonds is 5. The van der Waals surface area contributed by atoms with Gasteiger partial charge in [-0.05, 0) is 37.4 Å². The second-order valence-corrected chi connectivity index (χ2v) is 6.54. The molecule has 1 heterocycles. The maximum Gasteiger partial charge on any atom is 0.0941 e. The first-order valence-corrected chi connectivity index (χ1v) is 7.71. The third-order valence-corrected chi connectivity index (χ3v) is 4.78. The average molecular weight is 260 g/mol. The zero-order valence-electron chi connectivity index (χ0n) is 10.9. The molecule has 18 heavy (non-hydrogen) atoms. The van der Waals surface area contributed by atoms with Crippen molar-refractivity contribution in [2.45, 2.75) is 38.6 Å². The van der Waals surface area contributed by atoms with Gasteiger partial charge in [-0.25, -0.2) is 4.98 Å². The van der Waals surface area contributed by atoms with Crippen LogP contribution < -0.4 is 5.32 Å². The summed E-state index contributed by atoms with van der Waals surface area (Å²) in [6, 6.07) is 9.21. The fourth-order valence-electron chi connectivity index (χ4n) is 2.36. The van der Waals surface area contributed by atoms with Crippen LogP contribution in [0.5, 0.6) is 0 Å². The smallest absolute Gasteiger partial charge is 0.0941 e. The van der Waals surface area contributed by atoms with Crippen molar-refractivity contribution in [3.63, 3.8) is 0 Å². The van der Waals surface area contributed by atoms with Crippen LogP contribution in [0.25, 0.3) is 10.2 Å². The van der Waals surface area contributed by atoms with E-state index in [9.17, 15) is 0 Å². The van der Waals surface area contributed by atoms with Crippen molar-refractivity contribution in [1.82, 2.24) is 10.3 Å². The number of benzene rings is 1. The van der Waals surface area contributed by atoms with Crippen LogP contribution in [-0.4, -0.2) is 17.6 Å². The third kappa shape index (κ3) is 2.73. The van der Waals surface area contributed by atoms with Crippen LogP contribution in [0.2, 0.25) is 0 Å². The minimum atomic E-state index is 0.672. The van der Waals surface area contributed by atoms with Crippen molar-refractivity contribution >= 4 is 21.6 Å². The quantitative estimate of drug-likeness (QED) is 0.888. The van der Waals surface area contributed by atoms with Crippen molar-refractivity contribution in [2.75, 3.05) is 6.54 Å². The molecule has 1 aromatic carbocycles. The number of fused-ring (bicyclic) bond motifs is 1. The lowest BCUT2D eigenvalue weighted by atomic mass is 9.92. The molecular weight excluding hydrogens is 240 g/mol. The largest absolute Gasteiger partial charge is 0.314 e. The predicted molar refractivity (Wildman–Crippen MR) is 78.1 cm³/mol. The van der Waals surface area contributed by atoms with Crippen molar-refractivity contribution in [3.05, 3.63) is 29.3 Å². The standard InChI is InChI=1S/C15H20N2S/c1-11(10-16-12-5-4-6-12)9-15-17-13-7-2-3-8-14(13)18-15/h2-3,7-8,11-12,16H,4-6,9-10H2,1H3. The first-order chi connectivity index (χ1) is 8.81. The second kappa shape index (κ2) is 5.37. The van der Waals surface area contributed by atoms with E-state index >= 15 is 0 Å². The van der Waals surface area contributed by atoms with E-state index in [4.69, 9.17) is 4.98 Å². The van der Waals surface area contributed by atoms with Gasteiger partial charge in [-0.3, -0.25) is 0 Å². The number of hydrogen-bond donors (Lipinski definition) is 1. The fraction of sp³-hybridized carbons (Fsp3) is 0.533. The highest BCUT2D eigenvalue weighted by molar-refractivity contribution is 7.18. The van der Waals surface area contributed by atoms with E-state index in [1.54, 1.807) is 0 Å². The van der Waals surface area contributed by atoms with Gasteiger partial charge in [-0.1, -0.05) is 25.5 Å². The third-order valence-electron chi connectivity index (χ3n) is 3.72. The molecule has 3 heteroatoms. The van der Waals surface area contributed by atoms with Gasteiger partial charge in [0.1, 0.15) is 0 Å². The Hall–Kier alpha value is -0.930. The normalized spacial score (nSPS) is 17.8. The molecular formula is C15H20N2S. The van der Waals surface area contributed by atoms with Gasteiger partial charge in [0, 0.05) is 12.5 Å². The summed E-state index contributed by atoms with van der Waals surface area (Å²) in [5.41, 5.74) is 1.15. The number of para-hydroxylation sites is 1. The molecule has 0 radical (unpaired) electrons. The molecule has 1 aromatic heterocycles. The molecule has 3 rings (SSSR count). The number of aromatic nitrogens is 1. The second-order valence-electron chi connectivity index (χ2n) is 5.42. The molecule has 0 amide bonds. The predicted octanol–water partition coefficient (Wildman–Crippen LogP) is 3.62. The van der Waals surface area contributed by atoms with Crippen LogP contribution in [0.4, 0.5) is 0 Å². The Morgan fingerprint density at radius 1 is 1.39 bits per heavy atom. The Balaban J connectivity index is 1.57. The number of hydrogen-bond acceptors (Lipinski definition) is 3. The number of nitrogens with zero attached hydrogens (tertiary/aromatic N) is 1. The molecule has 2 aromatic rings. The van der Waals surface area contributed by atoms with E-state index in [1.165, 1.54) is 29.0 Å². The topological polar surface area (TPSA) is 24.9 Å². The van der Waals surface area contributed by atoms with E-state index in [0.29, 0.717) is 5.92 Å². The van der Waals surface area contributed by atoms with E-state index < -0.39 is 0 Å².